The number of likely N-dealkylation sites (tertiary alicyclic amines) is 1. The van der Waals surface area contributed by atoms with Crippen molar-refractivity contribution in [3.8, 4) is 0 Å². The molecule has 1 aliphatic rings. The summed E-state index contributed by atoms with van der Waals surface area (Å²) in [6.07, 6.45) is -3.28. The number of rotatable bonds is 3. The van der Waals surface area contributed by atoms with Crippen LogP contribution in [0.15, 0.2) is 6.20 Å². The van der Waals surface area contributed by atoms with Gasteiger partial charge in [0.25, 0.3) is 0 Å². The number of carbonyl (C=O) groups is 1. The van der Waals surface area contributed by atoms with Gasteiger partial charge in [-0.25, -0.2) is 13.6 Å². The molecule has 4 nitrogen and oxygen atoms in total. The zero-order valence-electron chi connectivity index (χ0n) is 11.3. The van der Waals surface area contributed by atoms with Crippen molar-refractivity contribution in [3.05, 3.63) is 29.1 Å². The summed E-state index contributed by atoms with van der Waals surface area (Å²) in [7, 11) is 0. The fourth-order valence-corrected chi connectivity index (χ4v) is 2.58. The third kappa shape index (κ3) is 3.70. The number of alkyl halides is 3. The van der Waals surface area contributed by atoms with E-state index in [0.717, 1.165) is 0 Å². The highest BCUT2D eigenvalue weighted by Gasteiger charge is 2.34. The summed E-state index contributed by atoms with van der Waals surface area (Å²) < 4.78 is 64.2. The number of hydrogen-bond acceptors (Lipinski definition) is 3. The van der Waals surface area contributed by atoms with Crippen LogP contribution in [-0.2, 0) is 0 Å². The monoisotopic (exact) mass is 324 g/mol. The largest absolute Gasteiger partial charge is 0.477 e. The molecule has 1 aromatic heterocycles. The van der Waals surface area contributed by atoms with Crippen molar-refractivity contribution >= 4 is 5.97 Å². The Morgan fingerprint density at radius 2 is 1.91 bits per heavy atom. The summed E-state index contributed by atoms with van der Waals surface area (Å²) in [5, 5.41) is 8.80. The third-order valence-corrected chi connectivity index (χ3v) is 3.59. The second kappa shape index (κ2) is 6.15. The van der Waals surface area contributed by atoms with Crippen LogP contribution in [0.2, 0.25) is 0 Å². The minimum Gasteiger partial charge on any atom is -0.477 e. The lowest BCUT2D eigenvalue weighted by Gasteiger charge is -2.32. The van der Waals surface area contributed by atoms with Crippen molar-refractivity contribution in [1.29, 1.82) is 0 Å². The molecule has 0 unspecified atom stereocenters. The van der Waals surface area contributed by atoms with Gasteiger partial charge in [-0.3, -0.25) is 9.88 Å². The van der Waals surface area contributed by atoms with Gasteiger partial charge in [-0.15, -0.1) is 0 Å². The smallest absolute Gasteiger partial charge is 0.401 e. The molecule has 2 heterocycles. The summed E-state index contributed by atoms with van der Waals surface area (Å²) in [6, 6.07) is 0. The van der Waals surface area contributed by atoms with E-state index in [1.54, 1.807) is 0 Å². The van der Waals surface area contributed by atoms with E-state index in [-0.39, 0.29) is 31.6 Å². The summed E-state index contributed by atoms with van der Waals surface area (Å²) in [5.41, 5.74) is -1.28. The van der Waals surface area contributed by atoms with Crippen LogP contribution in [0.1, 0.15) is 34.8 Å². The van der Waals surface area contributed by atoms with E-state index in [1.165, 1.54) is 4.90 Å². The van der Waals surface area contributed by atoms with Crippen LogP contribution in [0, 0.1) is 11.6 Å². The molecule has 122 valence electrons. The fourth-order valence-electron chi connectivity index (χ4n) is 2.58. The minimum atomic E-state index is -4.30. The van der Waals surface area contributed by atoms with Crippen molar-refractivity contribution in [1.82, 2.24) is 9.88 Å². The Morgan fingerprint density at radius 3 is 2.41 bits per heavy atom. The maximum Gasteiger partial charge on any atom is 0.401 e. The highest BCUT2D eigenvalue weighted by atomic mass is 19.4. The molecule has 0 atom stereocenters. The SMILES string of the molecule is O=C(O)c1c(F)cnc(C2CCN(CC(F)(F)F)CC2)c1F. The van der Waals surface area contributed by atoms with Gasteiger partial charge >= 0.3 is 12.1 Å². The Hall–Kier alpha value is -1.77. The molecule has 2 rings (SSSR count). The first kappa shape index (κ1) is 16.6. The van der Waals surface area contributed by atoms with Gasteiger partial charge in [-0.1, -0.05) is 0 Å². The number of aromatic carboxylic acids is 1. The van der Waals surface area contributed by atoms with Gasteiger partial charge < -0.3 is 5.11 Å². The standard InChI is InChI=1S/C13H13F5N2O2/c14-8-5-19-11(10(15)9(8)12(21)22)7-1-3-20(4-2-7)6-13(16,17)18/h5,7H,1-4,6H2,(H,21,22). The van der Waals surface area contributed by atoms with Crippen LogP contribution in [0.25, 0.3) is 0 Å². The maximum absolute atomic E-state index is 14.1. The lowest BCUT2D eigenvalue weighted by molar-refractivity contribution is -0.148. The molecule has 1 aromatic rings. The zero-order valence-corrected chi connectivity index (χ0v) is 11.3. The Balaban J connectivity index is 2.12. The van der Waals surface area contributed by atoms with Crippen LogP contribution < -0.4 is 0 Å². The molecule has 9 heteroatoms. The molecule has 0 amide bonds. The van der Waals surface area contributed by atoms with Crippen LogP contribution in [0.5, 0.6) is 0 Å². The number of aromatic nitrogens is 1. The minimum absolute atomic E-state index is 0.0884. The summed E-state index contributed by atoms with van der Waals surface area (Å²) in [6.45, 7) is -0.865. The molecule has 0 bridgehead atoms. The van der Waals surface area contributed by atoms with Gasteiger partial charge in [0, 0.05) is 5.92 Å². The first-order valence-electron chi connectivity index (χ1n) is 6.55. The van der Waals surface area contributed by atoms with Gasteiger partial charge in [0.15, 0.2) is 11.6 Å². The second-order valence-electron chi connectivity index (χ2n) is 5.15. The Kier molecular flexibility index (Phi) is 4.64. The summed E-state index contributed by atoms with van der Waals surface area (Å²) in [5.74, 6) is -4.79. The van der Waals surface area contributed by atoms with Crippen LogP contribution in [0.3, 0.4) is 0 Å². The molecule has 0 saturated carbocycles. The topological polar surface area (TPSA) is 53.4 Å². The number of hydrogen-bond donors (Lipinski definition) is 1. The van der Waals surface area contributed by atoms with Crippen LogP contribution in [0.4, 0.5) is 22.0 Å². The molecular weight excluding hydrogens is 311 g/mol. The van der Waals surface area contributed by atoms with E-state index in [1.807, 2.05) is 0 Å². The number of carboxylic acids is 1. The molecule has 0 radical (unpaired) electrons. The first-order valence-corrected chi connectivity index (χ1v) is 6.55. The molecule has 1 aliphatic heterocycles. The average molecular weight is 324 g/mol. The quantitative estimate of drug-likeness (QED) is 0.869. The highest BCUT2D eigenvalue weighted by molar-refractivity contribution is 5.88. The molecule has 1 N–H and O–H groups in total. The van der Waals surface area contributed by atoms with Gasteiger partial charge in [-0.05, 0) is 25.9 Å². The highest BCUT2D eigenvalue weighted by Crippen LogP contribution is 2.31. The summed E-state index contributed by atoms with van der Waals surface area (Å²) >= 11 is 0. The maximum atomic E-state index is 14.1. The Morgan fingerprint density at radius 1 is 1.32 bits per heavy atom. The molecule has 0 aliphatic carbocycles. The average Bonchev–Trinajstić information content (AvgIpc) is 2.38. The van der Waals surface area contributed by atoms with E-state index in [0.29, 0.717) is 6.20 Å². The van der Waals surface area contributed by atoms with E-state index in [4.69, 9.17) is 5.11 Å². The lowest BCUT2D eigenvalue weighted by atomic mass is 9.91. The third-order valence-electron chi connectivity index (χ3n) is 3.59. The number of halogens is 5. The van der Waals surface area contributed by atoms with Crippen molar-refractivity contribution in [2.75, 3.05) is 19.6 Å². The molecule has 1 fully saturated rings. The fraction of sp³-hybridized carbons (Fsp3) is 0.538. The number of pyridine rings is 1. The number of piperidine rings is 1. The Labute approximate surface area is 122 Å². The number of carboxylic acid groups (broad SMARTS) is 1. The zero-order chi connectivity index (χ0) is 16.5. The van der Waals surface area contributed by atoms with Gasteiger partial charge in [0.2, 0.25) is 0 Å². The van der Waals surface area contributed by atoms with Gasteiger partial charge in [0.1, 0.15) is 5.56 Å². The molecule has 22 heavy (non-hydrogen) atoms. The predicted molar refractivity (Wildman–Crippen MR) is 65.6 cm³/mol. The van der Waals surface area contributed by atoms with Gasteiger partial charge in [0.05, 0.1) is 18.4 Å². The Bertz CT molecular complexity index is 568. The molecular formula is C13H13F5N2O2. The molecule has 0 aromatic carbocycles. The van der Waals surface area contributed by atoms with E-state index in [9.17, 15) is 26.7 Å². The van der Waals surface area contributed by atoms with Crippen molar-refractivity contribution < 1.29 is 31.9 Å². The molecule has 1 saturated heterocycles. The summed E-state index contributed by atoms with van der Waals surface area (Å²) in [4.78, 5) is 15.6. The van der Waals surface area contributed by atoms with E-state index < -0.39 is 41.8 Å². The number of nitrogens with zero attached hydrogens (tertiary/aromatic N) is 2. The van der Waals surface area contributed by atoms with Crippen LogP contribution >= 0.6 is 0 Å². The lowest BCUT2D eigenvalue weighted by Crippen LogP contribution is -2.39. The molecule has 0 spiro atoms. The van der Waals surface area contributed by atoms with E-state index >= 15 is 0 Å². The van der Waals surface area contributed by atoms with E-state index in [2.05, 4.69) is 4.98 Å². The van der Waals surface area contributed by atoms with Crippen molar-refractivity contribution in [2.45, 2.75) is 24.9 Å². The first-order chi connectivity index (χ1) is 10.2. The second-order valence-corrected chi connectivity index (χ2v) is 5.15. The van der Waals surface area contributed by atoms with Crippen LogP contribution in [-0.4, -0.2) is 46.8 Å². The normalized spacial score (nSPS) is 17.7. The van der Waals surface area contributed by atoms with Crippen molar-refractivity contribution in [3.63, 3.8) is 0 Å². The predicted octanol–water partition coefficient (Wildman–Crippen LogP) is 2.80. The van der Waals surface area contributed by atoms with Crippen molar-refractivity contribution in [2.24, 2.45) is 0 Å². The van der Waals surface area contributed by atoms with Gasteiger partial charge in [-0.2, -0.15) is 13.2 Å².